The molecule has 2 aliphatic rings. The van der Waals surface area contributed by atoms with E-state index in [4.69, 9.17) is 10.5 Å². The van der Waals surface area contributed by atoms with Crippen LogP contribution in [0.1, 0.15) is 35.1 Å². The Morgan fingerprint density at radius 2 is 2.06 bits per heavy atom. The van der Waals surface area contributed by atoms with Gasteiger partial charge in [0, 0.05) is 39.6 Å². The Bertz CT molecular complexity index is 990. The molecule has 1 atom stereocenters. The van der Waals surface area contributed by atoms with Crippen molar-refractivity contribution in [3.63, 3.8) is 0 Å². The van der Waals surface area contributed by atoms with Crippen LogP contribution in [0.5, 0.6) is 5.75 Å². The van der Waals surface area contributed by atoms with Crippen molar-refractivity contribution in [1.82, 2.24) is 15.5 Å². The number of rotatable bonds is 8. The number of carbonyl (C=O) groups is 1. The molecule has 2 aliphatic heterocycles. The summed E-state index contributed by atoms with van der Waals surface area (Å²) < 4.78 is 5.59. The number of ether oxygens (including phenoxy) is 1. The number of nitrogens with one attached hydrogen (secondary N) is 2. The molecule has 7 heteroatoms. The van der Waals surface area contributed by atoms with E-state index < -0.39 is 0 Å². The van der Waals surface area contributed by atoms with Crippen LogP contribution < -0.4 is 21.1 Å². The van der Waals surface area contributed by atoms with E-state index in [1.54, 1.807) is 7.05 Å². The van der Waals surface area contributed by atoms with Crippen LogP contribution in [-0.4, -0.2) is 50.1 Å². The largest absolute Gasteiger partial charge is 0.493 e. The number of likely N-dealkylation sites (tertiary alicyclic amines) is 1. The number of hydrogen-bond donors (Lipinski definition) is 3. The number of nitrogens with zero attached hydrogens (tertiary/aromatic N) is 2. The van der Waals surface area contributed by atoms with Crippen molar-refractivity contribution in [2.75, 3.05) is 33.3 Å². The van der Waals surface area contributed by atoms with E-state index in [1.165, 1.54) is 22.3 Å². The van der Waals surface area contributed by atoms with Crippen molar-refractivity contribution in [2.24, 2.45) is 16.6 Å². The molecule has 2 heterocycles. The molecule has 1 saturated heterocycles. The predicted octanol–water partition coefficient (Wildman–Crippen LogP) is 2.23. The Balaban J connectivity index is 1.23. The monoisotopic (exact) mass is 449 g/mol. The van der Waals surface area contributed by atoms with Gasteiger partial charge < -0.3 is 21.1 Å². The number of primary amides is 1. The van der Waals surface area contributed by atoms with Gasteiger partial charge >= 0.3 is 0 Å². The van der Waals surface area contributed by atoms with Gasteiger partial charge in [0.1, 0.15) is 5.75 Å². The summed E-state index contributed by atoms with van der Waals surface area (Å²) in [5.74, 6) is 1.62. The second kappa shape index (κ2) is 11.2. The number of benzene rings is 2. The Hall–Kier alpha value is -3.06. The minimum atomic E-state index is -0.179. The SMILES string of the molecule is CN=C(NCCc1ccc2c(c1)CCO2)NCc1cccc(CN2CCCC(C(N)=O)C2)c1. The van der Waals surface area contributed by atoms with E-state index in [0.29, 0.717) is 6.54 Å². The molecule has 2 aromatic carbocycles. The fourth-order valence-electron chi connectivity index (χ4n) is 4.65. The Labute approximate surface area is 196 Å². The topological polar surface area (TPSA) is 92.0 Å². The molecular weight excluding hydrogens is 414 g/mol. The molecule has 7 nitrogen and oxygen atoms in total. The van der Waals surface area contributed by atoms with Gasteiger partial charge in [-0.3, -0.25) is 14.7 Å². The van der Waals surface area contributed by atoms with Crippen LogP contribution in [0.2, 0.25) is 0 Å². The van der Waals surface area contributed by atoms with Crippen molar-refractivity contribution in [2.45, 2.75) is 38.8 Å². The van der Waals surface area contributed by atoms with E-state index >= 15 is 0 Å². The fraction of sp³-hybridized carbons (Fsp3) is 0.462. The van der Waals surface area contributed by atoms with E-state index in [-0.39, 0.29) is 11.8 Å². The molecule has 2 aromatic rings. The number of piperidine rings is 1. The quantitative estimate of drug-likeness (QED) is 0.425. The summed E-state index contributed by atoms with van der Waals surface area (Å²) in [4.78, 5) is 18.2. The third-order valence-electron chi connectivity index (χ3n) is 6.45. The minimum absolute atomic E-state index is 0.0249. The standard InChI is InChI=1S/C26H35N5O2/c1-28-26(29-11-9-19-7-8-24-22(15-19)10-13-33-24)30-16-20-4-2-5-21(14-20)17-31-12-3-6-23(18-31)25(27)32/h2,4-5,7-8,14-15,23H,3,6,9-13,16-18H2,1H3,(H2,27,32)(H2,28,29,30). The molecule has 4 N–H and O–H groups in total. The first kappa shape index (κ1) is 23.1. The van der Waals surface area contributed by atoms with Gasteiger partial charge in [-0.05, 0) is 54.1 Å². The number of aliphatic imine (C=N–C) groups is 1. The van der Waals surface area contributed by atoms with Crippen LogP contribution >= 0.6 is 0 Å². The number of fused-ring (bicyclic) bond motifs is 1. The van der Waals surface area contributed by atoms with Crippen molar-refractivity contribution in [1.29, 1.82) is 0 Å². The van der Waals surface area contributed by atoms with Gasteiger partial charge in [0.2, 0.25) is 5.91 Å². The van der Waals surface area contributed by atoms with Crippen LogP contribution in [0.15, 0.2) is 47.5 Å². The lowest BCUT2D eigenvalue weighted by molar-refractivity contribution is -0.123. The van der Waals surface area contributed by atoms with Gasteiger partial charge in [-0.2, -0.15) is 0 Å². The van der Waals surface area contributed by atoms with Crippen LogP contribution in [-0.2, 0) is 30.7 Å². The van der Waals surface area contributed by atoms with E-state index in [0.717, 1.165) is 70.2 Å². The zero-order chi connectivity index (χ0) is 23.0. The summed E-state index contributed by atoms with van der Waals surface area (Å²) in [6.45, 7) is 4.92. The summed E-state index contributed by atoms with van der Waals surface area (Å²) in [6.07, 6.45) is 3.87. The number of nitrogens with two attached hydrogens (primary N) is 1. The molecule has 0 aromatic heterocycles. The highest BCUT2D eigenvalue weighted by Gasteiger charge is 2.23. The lowest BCUT2D eigenvalue weighted by atomic mass is 9.97. The predicted molar refractivity (Wildman–Crippen MR) is 131 cm³/mol. The number of amides is 1. The molecule has 4 rings (SSSR count). The first-order valence-corrected chi connectivity index (χ1v) is 11.9. The van der Waals surface area contributed by atoms with Gasteiger partial charge in [0.05, 0.1) is 12.5 Å². The van der Waals surface area contributed by atoms with Gasteiger partial charge in [0.25, 0.3) is 0 Å². The Kier molecular flexibility index (Phi) is 7.83. The summed E-state index contributed by atoms with van der Waals surface area (Å²) in [6, 6.07) is 15.1. The zero-order valence-electron chi connectivity index (χ0n) is 19.5. The van der Waals surface area contributed by atoms with Gasteiger partial charge in [-0.15, -0.1) is 0 Å². The molecule has 1 fully saturated rings. The summed E-state index contributed by atoms with van der Waals surface area (Å²) >= 11 is 0. The first-order chi connectivity index (χ1) is 16.1. The average Bonchev–Trinajstić information content (AvgIpc) is 3.29. The molecule has 0 saturated carbocycles. The molecule has 176 valence electrons. The molecule has 0 radical (unpaired) electrons. The second-order valence-corrected chi connectivity index (χ2v) is 8.94. The van der Waals surface area contributed by atoms with Gasteiger partial charge in [0.15, 0.2) is 5.96 Å². The number of carbonyl (C=O) groups excluding carboxylic acids is 1. The van der Waals surface area contributed by atoms with Crippen molar-refractivity contribution in [3.05, 3.63) is 64.7 Å². The van der Waals surface area contributed by atoms with Gasteiger partial charge in [-0.25, -0.2) is 0 Å². The maximum absolute atomic E-state index is 11.5. The lowest BCUT2D eigenvalue weighted by Crippen LogP contribution is -2.40. The maximum atomic E-state index is 11.5. The molecule has 1 amide bonds. The first-order valence-electron chi connectivity index (χ1n) is 11.9. The zero-order valence-corrected chi connectivity index (χ0v) is 19.5. The third kappa shape index (κ3) is 6.48. The molecular formula is C26H35N5O2. The molecule has 0 aliphatic carbocycles. The molecule has 1 unspecified atom stereocenters. The van der Waals surface area contributed by atoms with Crippen molar-refractivity contribution in [3.8, 4) is 5.75 Å². The van der Waals surface area contributed by atoms with Crippen LogP contribution in [0, 0.1) is 5.92 Å². The normalized spacial score (nSPS) is 18.5. The smallest absolute Gasteiger partial charge is 0.221 e. The minimum Gasteiger partial charge on any atom is -0.493 e. The fourth-order valence-corrected chi connectivity index (χ4v) is 4.65. The number of guanidine groups is 1. The second-order valence-electron chi connectivity index (χ2n) is 8.94. The van der Waals surface area contributed by atoms with Crippen LogP contribution in [0.25, 0.3) is 0 Å². The summed E-state index contributed by atoms with van der Waals surface area (Å²) in [5, 5.41) is 6.82. The van der Waals surface area contributed by atoms with E-state index in [2.05, 4.69) is 63.0 Å². The van der Waals surface area contributed by atoms with Crippen molar-refractivity contribution >= 4 is 11.9 Å². The molecule has 33 heavy (non-hydrogen) atoms. The van der Waals surface area contributed by atoms with Crippen LogP contribution in [0.4, 0.5) is 0 Å². The van der Waals surface area contributed by atoms with E-state index in [9.17, 15) is 4.79 Å². The molecule has 0 spiro atoms. The maximum Gasteiger partial charge on any atom is 0.221 e. The highest BCUT2D eigenvalue weighted by molar-refractivity contribution is 5.79. The van der Waals surface area contributed by atoms with Crippen LogP contribution in [0.3, 0.4) is 0 Å². The highest BCUT2D eigenvalue weighted by atomic mass is 16.5. The summed E-state index contributed by atoms with van der Waals surface area (Å²) in [5.41, 5.74) is 10.6. The van der Waals surface area contributed by atoms with Crippen molar-refractivity contribution < 1.29 is 9.53 Å². The Morgan fingerprint density at radius 3 is 2.91 bits per heavy atom. The summed E-state index contributed by atoms with van der Waals surface area (Å²) in [7, 11) is 1.80. The van der Waals surface area contributed by atoms with Gasteiger partial charge in [-0.1, -0.05) is 36.4 Å². The lowest BCUT2D eigenvalue weighted by Gasteiger charge is -2.31. The number of hydrogen-bond acceptors (Lipinski definition) is 4. The molecule has 0 bridgehead atoms. The highest BCUT2D eigenvalue weighted by Crippen LogP contribution is 2.26. The van der Waals surface area contributed by atoms with E-state index in [1.807, 2.05) is 0 Å². The average molecular weight is 450 g/mol. The Morgan fingerprint density at radius 1 is 1.18 bits per heavy atom. The third-order valence-corrected chi connectivity index (χ3v) is 6.45.